The molecule has 0 aromatic heterocycles. The molecule has 1 atom stereocenters. The van der Waals surface area contributed by atoms with Crippen LogP contribution in [0, 0.1) is 0 Å². The van der Waals surface area contributed by atoms with E-state index in [9.17, 15) is 13.2 Å². The number of sulfone groups is 1. The zero-order valence-electron chi connectivity index (χ0n) is 9.52. The minimum Gasteiger partial charge on any atom is -0.370 e. The van der Waals surface area contributed by atoms with Crippen LogP contribution in [-0.2, 0) is 14.6 Å². The van der Waals surface area contributed by atoms with E-state index in [1.807, 2.05) is 6.92 Å². The molecule has 0 aliphatic carbocycles. The number of hydrogen-bond donors (Lipinski definition) is 2. The molecule has 0 fully saturated rings. The number of carbonyl (C=O) groups is 1. The minimum atomic E-state index is -3.14. The molecule has 0 aliphatic rings. The van der Waals surface area contributed by atoms with E-state index in [1.54, 1.807) is 0 Å². The summed E-state index contributed by atoms with van der Waals surface area (Å²) in [5, 5.41) is 0. The minimum absolute atomic E-state index is 0.0847. The summed E-state index contributed by atoms with van der Waals surface area (Å²) in [5.41, 5.74) is 10.6. The predicted octanol–water partition coefficient (Wildman–Crippen LogP) is -0.253. The van der Waals surface area contributed by atoms with E-state index in [1.165, 1.54) is 11.8 Å². The van der Waals surface area contributed by atoms with E-state index in [-0.39, 0.29) is 24.0 Å². The summed E-state index contributed by atoms with van der Waals surface area (Å²) in [6.45, 7) is 1.99. The normalized spacial score (nSPS) is 13.6. The monoisotopic (exact) mass is 268 g/mol. The number of amides is 1. The van der Waals surface area contributed by atoms with E-state index >= 15 is 0 Å². The van der Waals surface area contributed by atoms with Gasteiger partial charge in [0.05, 0.1) is 11.5 Å². The van der Waals surface area contributed by atoms with Gasteiger partial charge in [-0.15, -0.1) is 0 Å². The lowest BCUT2D eigenvalue weighted by Gasteiger charge is -2.07. The first kappa shape index (κ1) is 15.7. The average molecular weight is 268 g/mol. The number of thioether (sulfide) groups is 1. The molecule has 0 radical (unpaired) electrons. The van der Waals surface area contributed by atoms with Crippen LogP contribution in [0.4, 0.5) is 0 Å². The van der Waals surface area contributed by atoms with Crippen molar-refractivity contribution in [3.8, 4) is 0 Å². The Labute approximate surface area is 101 Å². The molecule has 16 heavy (non-hydrogen) atoms. The largest absolute Gasteiger partial charge is 0.370 e. The van der Waals surface area contributed by atoms with E-state index in [0.717, 1.165) is 12.2 Å². The molecule has 4 N–H and O–H groups in total. The molecule has 1 amide bonds. The maximum Gasteiger partial charge on any atom is 0.218 e. The number of carbonyl (C=O) groups excluding carboxylic acids is 1. The summed E-state index contributed by atoms with van der Waals surface area (Å²) in [6, 6.07) is 0.123. The SMILES string of the molecule is CCC(N)CSCCS(=O)(=O)CCC(N)=O. The lowest BCUT2D eigenvalue weighted by Crippen LogP contribution is -2.23. The highest BCUT2D eigenvalue weighted by Crippen LogP contribution is 2.06. The molecular formula is C9H20N2O3S2. The van der Waals surface area contributed by atoms with Crippen LogP contribution in [0.2, 0.25) is 0 Å². The van der Waals surface area contributed by atoms with Crippen LogP contribution < -0.4 is 11.5 Å². The van der Waals surface area contributed by atoms with Gasteiger partial charge in [-0.05, 0) is 6.42 Å². The highest BCUT2D eigenvalue weighted by molar-refractivity contribution is 8.00. The Morgan fingerprint density at radius 2 is 2.00 bits per heavy atom. The lowest BCUT2D eigenvalue weighted by molar-refractivity contribution is -0.117. The van der Waals surface area contributed by atoms with Crippen LogP contribution in [-0.4, -0.2) is 43.4 Å². The first-order chi connectivity index (χ1) is 7.37. The van der Waals surface area contributed by atoms with Crippen LogP contribution in [0.1, 0.15) is 19.8 Å². The summed E-state index contributed by atoms with van der Waals surface area (Å²) >= 11 is 1.53. The second-order valence-electron chi connectivity index (χ2n) is 3.61. The van der Waals surface area contributed by atoms with Gasteiger partial charge in [-0.2, -0.15) is 11.8 Å². The molecule has 7 heteroatoms. The molecule has 0 aliphatic heterocycles. The van der Waals surface area contributed by atoms with Crippen LogP contribution in [0.25, 0.3) is 0 Å². The van der Waals surface area contributed by atoms with E-state index in [0.29, 0.717) is 5.75 Å². The fourth-order valence-electron chi connectivity index (χ4n) is 0.897. The highest BCUT2D eigenvalue weighted by atomic mass is 32.2. The molecule has 0 saturated heterocycles. The Bertz CT molecular complexity index is 304. The Morgan fingerprint density at radius 3 is 2.50 bits per heavy atom. The quantitative estimate of drug-likeness (QED) is 0.561. The van der Waals surface area contributed by atoms with Gasteiger partial charge in [0.2, 0.25) is 5.91 Å². The molecule has 0 spiro atoms. The summed E-state index contributed by atoms with van der Waals surface area (Å²) < 4.78 is 22.8. The number of primary amides is 1. The molecule has 0 saturated carbocycles. The molecule has 96 valence electrons. The Hall–Kier alpha value is -0.270. The first-order valence-electron chi connectivity index (χ1n) is 5.19. The Kier molecular flexibility index (Phi) is 7.78. The summed E-state index contributed by atoms with van der Waals surface area (Å²) in [5.74, 6) is 0.644. The molecule has 0 aromatic rings. The van der Waals surface area contributed by atoms with Gasteiger partial charge in [-0.3, -0.25) is 4.79 Å². The molecule has 0 aromatic carbocycles. The van der Waals surface area contributed by atoms with Crippen LogP contribution in [0.3, 0.4) is 0 Å². The van der Waals surface area contributed by atoms with Crippen LogP contribution >= 0.6 is 11.8 Å². The van der Waals surface area contributed by atoms with Crippen molar-refractivity contribution in [1.29, 1.82) is 0 Å². The topological polar surface area (TPSA) is 103 Å². The Morgan fingerprint density at radius 1 is 1.38 bits per heavy atom. The molecule has 0 heterocycles. The molecule has 5 nitrogen and oxygen atoms in total. The van der Waals surface area contributed by atoms with E-state index in [2.05, 4.69) is 0 Å². The molecule has 1 unspecified atom stereocenters. The second-order valence-corrected chi connectivity index (χ2v) is 7.06. The Balaban J connectivity index is 3.70. The van der Waals surface area contributed by atoms with Gasteiger partial charge in [0.25, 0.3) is 0 Å². The van der Waals surface area contributed by atoms with Crippen molar-refractivity contribution in [2.24, 2.45) is 11.5 Å². The van der Waals surface area contributed by atoms with Gasteiger partial charge in [-0.1, -0.05) is 6.92 Å². The van der Waals surface area contributed by atoms with Crippen molar-refractivity contribution in [1.82, 2.24) is 0 Å². The lowest BCUT2D eigenvalue weighted by atomic mass is 10.3. The van der Waals surface area contributed by atoms with Gasteiger partial charge >= 0.3 is 0 Å². The summed E-state index contributed by atoms with van der Waals surface area (Å²) in [4.78, 5) is 10.4. The maximum atomic E-state index is 11.4. The number of rotatable bonds is 9. The van der Waals surface area contributed by atoms with Gasteiger partial charge in [0.15, 0.2) is 9.84 Å². The predicted molar refractivity (Wildman–Crippen MR) is 68.1 cm³/mol. The van der Waals surface area contributed by atoms with Crippen molar-refractivity contribution in [2.45, 2.75) is 25.8 Å². The van der Waals surface area contributed by atoms with Gasteiger partial charge in [0.1, 0.15) is 0 Å². The van der Waals surface area contributed by atoms with Crippen molar-refractivity contribution >= 4 is 27.5 Å². The van der Waals surface area contributed by atoms with E-state index in [4.69, 9.17) is 11.5 Å². The number of hydrogen-bond acceptors (Lipinski definition) is 5. The zero-order valence-corrected chi connectivity index (χ0v) is 11.1. The maximum absolute atomic E-state index is 11.4. The third-order valence-corrected chi connectivity index (χ3v) is 5.12. The van der Waals surface area contributed by atoms with Crippen LogP contribution in [0.15, 0.2) is 0 Å². The number of nitrogens with two attached hydrogens (primary N) is 2. The molecular weight excluding hydrogens is 248 g/mol. The average Bonchev–Trinajstić information content (AvgIpc) is 2.21. The van der Waals surface area contributed by atoms with Gasteiger partial charge < -0.3 is 11.5 Å². The van der Waals surface area contributed by atoms with Gasteiger partial charge in [-0.25, -0.2) is 8.42 Å². The first-order valence-corrected chi connectivity index (χ1v) is 8.17. The fourth-order valence-corrected chi connectivity index (χ4v) is 3.81. The van der Waals surface area contributed by atoms with Crippen molar-refractivity contribution in [3.05, 3.63) is 0 Å². The third-order valence-electron chi connectivity index (χ3n) is 2.05. The summed E-state index contributed by atoms with van der Waals surface area (Å²) in [6.07, 6.45) is 0.795. The second kappa shape index (κ2) is 7.92. The standard InChI is InChI=1S/C9H20N2O3S2/c1-2-8(10)7-15-4-6-16(13,14)5-3-9(11)12/h8H,2-7,10H2,1H3,(H2,11,12). The molecule has 0 bridgehead atoms. The third kappa shape index (κ3) is 8.99. The van der Waals surface area contributed by atoms with Crippen molar-refractivity contribution in [3.63, 3.8) is 0 Å². The van der Waals surface area contributed by atoms with Gasteiger partial charge in [0, 0.05) is 24.0 Å². The molecule has 0 rings (SSSR count). The highest BCUT2D eigenvalue weighted by Gasteiger charge is 2.12. The fraction of sp³-hybridized carbons (Fsp3) is 0.889. The summed E-state index contributed by atoms with van der Waals surface area (Å²) in [7, 11) is -3.14. The van der Waals surface area contributed by atoms with Crippen molar-refractivity contribution < 1.29 is 13.2 Å². The van der Waals surface area contributed by atoms with Crippen LogP contribution in [0.5, 0.6) is 0 Å². The van der Waals surface area contributed by atoms with E-state index < -0.39 is 15.7 Å². The van der Waals surface area contributed by atoms with Crippen molar-refractivity contribution in [2.75, 3.05) is 23.0 Å². The zero-order chi connectivity index (χ0) is 12.6. The smallest absolute Gasteiger partial charge is 0.218 e.